The fourth-order valence-electron chi connectivity index (χ4n) is 1.95. The zero-order valence-corrected chi connectivity index (χ0v) is 13.7. The van der Waals surface area contributed by atoms with Crippen LogP contribution >= 0.6 is 11.3 Å². The molecule has 1 fully saturated rings. The van der Waals surface area contributed by atoms with Crippen LogP contribution in [0.5, 0.6) is 0 Å². The quantitative estimate of drug-likeness (QED) is 0.702. The topological polar surface area (TPSA) is 52.7 Å². The molecule has 1 aromatic heterocycles. The molecule has 0 atom stereocenters. The van der Waals surface area contributed by atoms with Crippen LogP contribution in [0.15, 0.2) is 17.5 Å². The highest BCUT2D eigenvalue weighted by atomic mass is 32.2. The summed E-state index contributed by atoms with van der Waals surface area (Å²) in [5, 5.41) is 5.36. The van der Waals surface area contributed by atoms with Crippen molar-refractivity contribution in [3.05, 3.63) is 22.4 Å². The number of nitrogens with one attached hydrogen (secondary N) is 1. The van der Waals surface area contributed by atoms with Gasteiger partial charge >= 0.3 is 0 Å². The van der Waals surface area contributed by atoms with Gasteiger partial charge in [-0.1, -0.05) is 6.07 Å². The van der Waals surface area contributed by atoms with Crippen LogP contribution in [0.25, 0.3) is 0 Å². The van der Waals surface area contributed by atoms with Gasteiger partial charge in [0, 0.05) is 38.1 Å². The van der Waals surface area contributed by atoms with Crippen molar-refractivity contribution in [2.45, 2.75) is 31.8 Å². The average molecular weight is 317 g/mol. The third kappa shape index (κ3) is 4.53. The Morgan fingerprint density at radius 3 is 2.70 bits per heavy atom. The molecule has 2 rings (SSSR count). The van der Waals surface area contributed by atoms with Crippen molar-refractivity contribution in [3.8, 4) is 0 Å². The molecule has 114 valence electrons. The molecule has 0 amide bonds. The van der Waals surface area contributed by atoms with Gasteiger partial charge in [0.2, 0.25) is 0 Å². The Kier molecular flexibility index (Phi) is 5.57. The molecule has 1 aromatic rings. The molecule has 20 heavy (non-hydrogen) atoms. The molecule has 0 unspecified atom stereocenters. The van der Waals surface area contributed by atoms with Crippen LogP contribution < -0.4 is 5.32 Å². The number of hydrogen-bond donors (Lipinski definition) is 1. The summed E-state index contributed by atoms with van der Waals surface area (Å²) in [5.74, 6) is 0. The van der Waals surface area contributed by atoms with E-state index >= 15 is 0 Å². The van der Waals surface area contributed by atoms with Crippen LogP contribution in [-0.2, 0) is 16.8 Å². The Balaban J connectivity index is 1.77. The van der Waals surface area contributed by atoms with Gasteiger partial charge in [-0.15, -0.1) is 11.3 Å². The molecule has 0 spiro atoms. The fourth-order valence-corrected chi connectivity index (χ4v) is 3.93. The number of rotatable bonds is 9. The minimum Gasteiger partial charge on any atom is -0.314 e. The highest BCUT2D eigenvalue weighted by molar-refractivity contribution is 7.86. The molecule has 7 heteroatoms. The first-order valence-corrected chi connectivity index (χ1v) is 9.21. The zero-order chi connectivity index (χ0) is 14.6. The fraction of sp³-hybridized carbons (Fsp3) is 0.692. The van der Waals surface area contributed by atoms with Crippen LogP contribution in [0.2, 0.25) is 0 Å². The van der Waals surface area contributed by atoms with Crippen molar-refractivity contribution in [1.29, 1.82) is 0 Å². The van der Waals surface area contributed by atoms with Gasteiger partial charge in [0.1, 0.15) is 0 Å². The zero-order valence-electron chi connectivity index (χ0n) is 12.1. The van der Waals surface area contributed by atoms with Gasteiger partial charge in [-0.3, -0.25) is 0 Å². The lowest BCUT2D eigenvalue weighted by Gasteiger charge is -2.24. The van der Waals surface area contributed by atoms with Crippen LogP contribution in [0.4, 0.5) is 0 Å². The molecule has 1 aliphatic rings. The van der Waals surface area contributed by atoms with Crippen LogP contribution in [0.3, 0.4) is 0 Å². The van der Waals surface area contributed by atoms with Crippen molar-refractivity contribution in [2.75, 3.05) is 27.2 Å². The van der Waals surface area contributed by atoms with Crippen LogP contribution in [-0.4, -0.2) is 50.3 Å². The van der Waals surface area contributed by atoms with Gasteiger partial charge in [-0.05, 0) is 37.3 Å². The molecule has 0 aromatic carbocycles. The van der Waals surface area contributed by atoms with Gasteiger partial charge in [0.25, 0.3) is 10.2 Å². The smallest absolute Gasteiger partial charge is 0.281 e. The summed E-state index contributed by atoms with van der Waals surface area (Å²) >= 11 is 1.58. The third-order valence-electron chi connectivity index (χ3n) is 3.41. The van der Waals surface area contributed by atoms with E-state index in [1.165, 1.54) is 21.5 Å². The van der Waals surface area contributed by atoms with E-state index in [2.05, 4.69) is 5.32 Å². The van der Waals surface area contributed by atoms with Gasteiger partial charge in [-0.25, -0.2) is 0 Å². The summed E-state index contributed by atoms with van der Waals surface area (Å²) in [6.45, 7) is 1.88. The van der Waals surface area contributed by atoms with E-state index in [0.29, 0.717) is 19.1 Å². The second kappa shape index (κ2) is 7.00. The Hall–Kier alpha value is -0.470. The summed E-state index contributed by atoms with van der Waals surface area (Å²) in [4.78, 5) is 1.06. The summed E-state index contributed by atoms with van der Waals surface area (Å²) in [6.07, 6.45) is 3.37. The predicted molar refractivity (Wildman–Crippen MR) is 83.0 cm³/mol. The first-order valence-electron chi connectivity index (χ1n) is 6.93. The van der Waals surface area contributed by atoms with Crippen molar-refractivity contribution >= 4 is 21.5 Å². The van der Waals surface area contributed by atoms with Crippen molar-refractivity contribution in [3.63, 3.8) is 0 Å². The van der Waals surface area contributed by atoms with E-state index < -0.39 is 10.2 Å². The van der Waals surface area contributed by atoms with E-state index in [1.807, 2.05) is 17.5 Å². The van der Waals surface area contributed by atoms with Gasteiger partial charge in [0.05, 0.1) is 0 Å². The minimum atomic E-state index is -3.35. The lowest BCUT2D eigenvalue weighted by molar-refractivity contribution is 0.385. The van der Waals surface area contributed by atoms with Gasteiger partial charge < -0.3 is 5.32 Å². The van der Waals surface area contributed by atoms with Gasteiger partial charge in [0.15, 0.2) is 0 Å². The summed E-state index contributed by atoms with van der Waals surface area (Å²) in [7, 11) is -0.0715. The third-order valence-corrected chi connectivity index (χ3v) is 6.15. The van der Waals surface area contributed by atoms with E-state index in [-0.39, 0.29) is 0 Å². The van der Waals surface area contributed by atoms with Crippen LogP contribution in [0.1, 0.15) is 24.1 Å². The monoisotopic (exact) mass is 317 g/mol. The normalized spacial score (nSPS) is 16.2. The lowest BCUT2D eigenvalue weighted by atomic mass is 10.4. The number of thiophene rings is 1. The first-order chi connectivity index (χ1) is 9.50. The Labute approximate surface area is 125 Å². The highest BCUT2D eigenvalue weighted by Crippen LogP contribution is 2.18. The molecule has 0 bridgehead atoms. The van der Waals surface area contributed by atoms with E-state index in [0.717, 1.165) is 17.8 Å². The molecular weight excluding hydrogens is 294 g/mol. The Bertz CT molecular complexity index is 498. The van der Waals surface area contributed by atoms with Crippen molar-refractivity contribution in [2.24, 2.45) is 0 Å². The molecule has 0 radical (unpaired) electrons. The molecule has 5 nitrogen and oxygen atoms in total. The van der Waals surface area contributed by atoms with E-state index in [9.17, 15) is 8.42 Å². The Morgan fingerprint density at radius 2 is 2.10 bits per heavy atom. The highest BCUT2D eigenvalue weighted by Gasteiger charge is 2.24. The molecule has 0 aliphatic heterocycles. The molecule has 1 saturated carbocycles. The average Bonchev–Trinajstić information content (AvgIpc) is 3.10. The molecule has 1 aliphatic carbocycles. The summed E-state index contributed by atoms with van der Waals surface area (Å²) in [5.41, 5.74) is 0. The van der Waals surface area contributed by atoms with Crippen molar-refractivity contribution in [1.82, 2.24) is 13.9 Å². The maximum Gasteiger partial charge on any atom is 0.281 e. The second-order valence-electron chi connectivity index (χ2n) is 5.25. The first kappa shape index (κ1) is 15.9. The molecule has 0 saturated heterocycles. The number of hydrogen-bond acceptors (Lipinski definition) is 4. The maximum absolute atomic E-state index is 12.3. The largest absolute Gasteiger partial charge is 0.314 e. The molecule has 1 heterocycles. The maximum atomic E-state index is 12.3. The molecule has 1 N–H and O–H groups in total. The predicted octanol–water partition coefficient (Wildman–Crippen LogP) is 1.50. The lowest BCUT2D eigenvalue weighted by Crippen LogP contribution is -2.40. The van der Waals surface area contributed by atoms with E-state index in [4.69, 9.17) is 0 Å². The Morgan fingerprint density at radius 1 is 1.35 bits per heavy atom. The SMILES string of the molecule is CN(CCCNC1CC1)S(=O)(=O)N(C)Cc1cccs1. The van der Waals surface area contributed by atoms with Crippen molar-refractivity contribution < 1.29 is 8.42 Å². The van der Waals surface area contributed by atoms with E-state index in [1.54, 1.807) is 25.4 Å². The number of nitrogens with zero attached hydrogens (tertiary/aromatic N) is 2. The van der Waals surface area contributed by atoms with Crippen LogP contribution in [0, 0.1) is 0 Å². The standard InChI is InChI=1S/C13H23N3O2S2/c1-15(9-4-8-14-12-6-7-12)20(17,18)16(2)11-13-5-3-10-19-13/h3,5,10,12,14H,4,6-9,11H2,1-2H3. The second-order valence-corrected chi connectivity index (χ2v) is 8.42. The molecular formula is C13H23N3O2S2. The summed E-state index contributed by atoms with van der Waals surface area (Å²) in [6, 6.07) is 4.57. The minimum absolute atomic E-state index is 0.435. The summed E-state index contributed by atoms with van der Waals surface area (Å²) < 4.78 is 27.5. The van der Waals surface area contributed by atoms with Gasteiger partial charge in [-0.2, -0.15) is 17.0 Å².